The zero-order valence-electron chi connectivity index (χ0n) is 11.4. The molecule has 0 aliphatic carbocycles. The zero-order chi connectivity index (χ0) is 16.8. The van der Waals surface area contributed by atoms with E-state index < -0.39 is 28.1 Å². The molecule has 0 saturated carbocycles. The van der Waals surface area contributed by atoms with Gasteiger partial charge in [0.15, 0.2) is 0 Å². The number of aromatic amines is 1. The summed E-state index contributed by atoms with van der Waals surface area (Å²) < 4.78 is 39.6. The Morgan fingerprint density at radius 3 is 2.48 bits per heavy atom. The minimum absolute atomic E-state index is 0.167. The molecule has 3 N–H and O–H groups in total. The number of aromatic nitrogens is 2. The average molecular weight is 343 g/mol. The highest BCUT2D eigenvalue weighted by atomic mass is 35.5. The minimum atomic E-state index is -4.79. The zero-order valence-corrected chi connectivity index (χ0v) is 12.2. The lowest BCUT2D eigenvalue weighted by atomic mass is 9.93. The van der Waals surface area contributed by atoms with Gasteiger partial charge in [-0.2, -0.15) is 13.2 Å². The van der Waals surface area contributed by atoms with Crippen LogP contribution < -0.4 is 0 Å². The summed E-state index contributed by atoms with van der Waals surface area (Å²) in [5.74, 6) is -2.94. The number of H-pyrrole nitrogens is 1. The van der Waals surface area contributed by atoms with Crippen LogP contribution in [0, 0.1) is 0 Å². The molecule has 3 rings (SSSR count). The first-order valence-corrected chi connectivity index (χ1v) is 6.84. The first kappa shape index (κ1) is 15.8. The highest BCUT2D eigenvalue weighted by Crippen LogP contribution is 2.43. The highest BCUT2D eigenvalue weighted by Gasteiger charge is 2.43. The summed E-state index contributed by atoms with van der Waals surface area (Å²) >= 11 is 5.84. The molecule has 120 valence electrons. The highest BCUT2D eigenvalue weighted by molar-refractivity contribution is 6.31. The van der Waals surface area contributed by atoms with Gasteiger partial charge >= 0.3 is 6.18 Å². The molecule has 23 heavy (non-hydrogen) atoms. The second-order valence-corrected chi connectivity index (χ2v) is 5.34. The number of hydrogen-bond donors (Lipinski definition) is 3. The molecule has 0 aliphatic rings. The number of aliphatic hydroxyl groups is 2. The molecule has 8 heteroatoms. The van der Waals surface area contributed by atoms with E-state index in [2.05, 4.69) is 9.97 Å². The molecule has 0 amide bonds. The minimum Gasteiger partial charge on any atom is -0.358 e. The Bertz CT molecular complexity index is 875. The topological polar surface area (TPSA) is 69.1 Å². The van der Waals surface area contributed by atoms with E-state index in [1.807, 2.05) is 0 Å². The van der Waals surface area contributed by atoms with Gasteiger partial charge in [0.1, 0.15) is 5.65 Å². The number of nitrogens with zero attached hydrogens (tertiary/aromatic N) is 1. The van der Waals surface area contributed by atoms with E-state index in [4.69, 9.17) is 11.6 Å². The van der Waals surface area contributed by atoms with Crippen molar-refractivity contribution >= 4 is 22.6 Å². The molecule has 0 bridgehead atoms. The number of nitrogens with one attached hydrogen (secondary N) is 1. The van der Waals surface area contributed by atoms with Crippen molar-refractivity contribution in [3.8, 4) is 0 Å². The summed E-state index contributed by atoms with van der Waals surface area (Å²) in [6.07, 6.45) is -2.13. The molecule has 0 atom stereocenters. The van der Waals surface area contributed by atoms with Gasteiger partial charge < -0.3 is 15.2 Å². The van der Waals surface area contributed by atoms with Crippen molar-refractivity contribution in [3.05, 3.63) is 64.4 Å². The fourth-order valence-corrected chi connectivity index (χ4v) is 2.80. The van der Waals surface area contributed by atoms with Gasteiger partial charge in [0.2, 0.25) is 5.79 Å². The molecule has 4 nitrogen and oxygen atoms in total. The van der Waals surface area contributed by atoms with Crippen LogP contribution in [-0.4, -0.2) is 20.2 Å². The first-order chi connectivity index (χ1) is 10.7. The van der Waals surface area contributed by atoms with E-state index in [1.165, 1.54) is 30.6 Å². The number of alkyl halides is 3. The Hall–Kier alpha value is -2.09. The van der Waals surface area contributed by atoms with E-state index in [0.717, 1.165) is 12.1 Å². The summed E-state index contributed by atoms with van der Waals surface area (Å²) in [5.41, 5.74) is -1.89. The monoisotopic (exact) mass is 342 g/mol. The lowest BCUT2D eigenvalue weighted by Crippen LogP contribution is -2.30. The van der Waals surface area contributed by atoms with Gasteiger partial charge in [-0.15, -0.1) is 0 Å². The van der Waals surface area contributed by atoms with E-state index in [-0.39, 0.29) is 10.9 Å². The van der Waals surface area contributed by atoms with Crippen LogP contribution in [0.1, 0.15) is 16.7 Å². The summed E-state index contributed by atoms with van der Waals surface area (Å²) in [6, 6.07) is 6.06. The van der Waals surface area contributed by atoms with Crippen LogP contribution in [0.2, 0.25) is 5.02 Å². The van der Waals surface area contributed by atoms with Crippen molar-refractivity contribution in [3.63, 3.8) is 0 Å². The summed E-state index contributed by atoms with van der Waals surface area (Å²) in [7, 11) is 0. The van der Waals surface area contributed by atoms with Gasteiger partial charge in [-0.25, -0.2) is 4.98 Å². The van der Waals surface area contributed by atoms with Crippen molar-refractivity contribution in [2.45, 2.75) is 12.0 Å². The molecule has 0 radical (unpaired) electrons. The molecule has 0 fully saturated rings. The molecule has 0 saturated heterocycles. The van der Waals surface area contributed by atoms with Crippen molar-refractivity contribution < 1.29 is 23.4 Å². The van der Waals surface area contributed by atoms with E-state index in [1.54, 1.807) is 0 Å². The van der Waals surface area contributed by atoms with Crippen molar-refractivity contribution in [2.75, 3.05) is 0 Å². The lowest BCUT2D eigenvalue weighted by molar-refractivity contribution is -0.157. The fourth-order valence-electron chi connectivity index (χ4n) is 2.49. The smallest absolute Gasteiger partial charge is 0.358 e. The summed E-state index contributed by atoms with van der Waals surface area (Å²) in [4.78, 5) is 6.66. The maximum absolute atomic E-state index is 13.2. The molecular formula is C15H10ClF3N2O2. The molecule has 0 aliphatic heterocycles. The number of halogens is 4. The largest absolute Gasteiger partial charge is 0.416 e. The third kappa shape index (κ3) is 2.56. The Balaban J connectivity index is 2.29. The Morgan fingerprint density at radius 1 is 1.04 bits per heavy atom. The van der Waals surface area contributed by atoms with Gasteiger partial charge in [-0.05, 0) is 24.3 Å². The second-order valence-electron chi connectivity index (χ2n) is 4.93. The van der Waals surface area contributed by atoms with Gasteiger partial charge in [0.05, 0.1) is 10.6 Å². The number of hydrogen-bond acceptors (Lipinski definition) is 3. The van der Waals surface area contributed by atoms with Gasteiger partial charge in [0, 0.05) is 28.9 Å². The van der Waals surface area contributed by atoms with E-state index in [0.29, 0.717) is 5.65 Å². The van der Waals surface area contributed by atoms with E-state index in [9.17, 15) is 23.4 Å². The normalized spacial score (nSPS) is 12.8. The maximum Gasteiger partial charge on any atom is 0.416 e. The van der Waals surface area contributed by atoms with Gasteiger partial charge in [-0.1, -0.05) is 17.7 Å². The molecule has 0 spiro atoms. The fraction of sp³-hybridized carbons (Fsp3) is 0.133. The number of pyridine rings is 1. The van der Waals surface area contributed by atoms with Gasteiger partial charge in [0.25, 0.3) is 0 Å². The standard InChI is InChI=1S/C15H10ClF3N2O2/c16-11-5-1-4-9(15(17,18)19)12(11)14(22,23)10-7-21-13-8(10)3-2-6-20-13/h1-7,22-23H,(H,20,21). The SMILES string of the molecule is OC(O)(c1c(Cl)cccc1C(F)(F)F)c1c[nH]c2ncccc12. The van der Waals surface area contributed by atoms with Crippen molar-refractivity contribution in [1.29, 1.82) is 0 Å². The van der Waals surface area contributed by atoms with Crippen LogP contribution in [0.15, 0.2) is 42.7 Å². The Labute approximate surface area is 133 Å². The molecule has 0 unspecified atom stereocenters. The predicted molar refractivity (Wildman–Crippen MR) is 77.8 cm³/mol. The summed E-state index contributed by atoms with van der Waals surface area (Å²) in [5, 5.41) is 20.9. The molecule has 2 heterocycles. The Kier molecular flexibility index (Phi) is 3.59. The van der Waals surface area contributed by atoms with E-state index >= 15 is 0 Å². The van der Waals surface area contributed by atoms with Crippen molar-refractivity contribution in [1.82, 2.24) is 9.97 Å². The number of fused-ring (bicyclic) bond motifs is 1. The van der Waals surface area contributed by atoms with Crippen molar-refractivity contribution in [2.24, 2.45) is 0 Å². The number of benzene rings is 1. The molecule has 3 aromatic rings. The van der Waals surface area contributed by atoms with Crippen LogP contribution in [0.3, 0.4) is 0 Å². The molecule has 1 aromatic carbocycles. The quantitative estimate of drug-likeness (QED) is 0.625. The van der Waals surface area contributed by atoms with Crippen LogP contribution in [0.5, 0.6) is 0 Å². The average Bonchev–Trinajstić information content (AvgIpc) is 2.90. The van der Waals surface area contributed by atoms with Crippen LogP contribution in [0.4, 0.5) is 13.2 Å². The molecule has 2 aromatic heterocycles. The lowest BCUT2D eigenvalue weighted by Gasteiger charge is -2.26. The second kappa shape index (κ2) is 5.23. The third-order valence-corrected chi connectivity index (χ3v) is 3.81. The third-order valence-electron chi connectivity index (χ3n) is 3.49. The Morgan fingerprint density at radius 2 is 1.78 bits per heavy atom. The van der Waals surface area contributed by atoms with Crippen LogP contribution in [-0.2, 0) is 12.0 Å². The van der Waals surface area contributed by atoms with Crippen LogP contribution >= 0.6 is 11.6 Å². The first-order valence-electron chi connectivity index (χ1n) is 6.46. The predicted octanol–water partition coefficient (Wildman–Crippen LogP) is 3.42. The van der Waals surface area contributed by atoms with Crippen LogP contribution in [0.25, 0.3) is 11.0 Å². The number of rotatable bonds is 2. The maximum atomic E-state index is 13.2. The molecular weight excluding hydrogens is 333 g/mol. The van der Waals surface area contributed by atoms with Gasteiger partial charge in [-0.3, -0.25) is 0 Å². The summed E-state index contributed by atoms with van der Waals surface area (Å²) in [6.45, 7) is 0.